The van der Waals surface area contributed by atoms with E-state index < -0.39 is 42.7 Å². The number of aromatic amines is 1. The number of carbonyl (C=O) groups is 2. The largest absolute Gasteiger partial charge is 0.339 e. The van der Waals surface area contributed by atoms with Crippen molar-refractivity contribution in [3.05, 3.63) is 41.4 Å². The first kappa shape index (κ1) is 24.8. The Morgan fingerprint density at radius 2 is 1.79 bits per heavy atom. The predicted octanol–water partition coefficient (Wildman–Crippen LogP) is 6.17. The van der Waals surface area contributed by atoms with Gasteiger partial charge in [-0.25, -0.2) is 9.67 Å². The Hall–Kier alpha value is -3.63. The number of H-pyrrole nitrogens is 1. The topological polar surface area (TPSA) is 130 Å². The highest BCUT2D eigenvalue weighted by molar-refractivity contribution is 6.00. The standard InChI is InChI=1S/C32H45FN8O2/c1-5-24-27(20(4)38-39-24)23-16-17-26(35-30(23)33)36-32(43)29(37-31(42)25-18-34-40-41(25)19(2)3)28(21-12-8-6-9-13-21)22-14-10-7-11-15-22/h16-19,21-22,28-29H,5-15H2,1-4H3,(H,37,42)(H,38,39)(H,35,36,43)/t29-/m0/s1/i1D3,5D2. The maximum absolute atomic E-state index is 15.7. The number of anilines is 1. The molecule has 3 heterocycles. The highest BCUT2D eigenvalue weighted by Crippen LogP contribution is 2.42. The highest BCUT2D eigenvalue weighted by atomic mass is 19.1. The lowest BCUT2D eigenvalue weighted by atomic mass is 9.66. The fourth-order valence-corrected chi connectivity index (χ4v) is 7.05. The second kappa shape index (κ2) is 13.8. The Morgan fingerprint density at radius 3 is 2.40 bits per heavy atom. The molecule has 10 nitrogen and oxygen atoms in total. The van der Waals surface area contributed by atoms with Gasteiger partial charge in [-0.2, -0.15) is 9.49 Å². The van der Waals surface area contributed by atoms with Gasteiger partial charge in [-0.3, -0.25) is 14.7 Å². The van der Waals surface area contributed by atoms with E-state index in [-0.39, 0.29) is 52.1 Å². The molecule has 0 aliphatic heterocycles. The summed E-state index contributed by atoms with van der Waals surface area (Å²) in [6.07, 6.45) is 8.90. The molecule has 11 heteroatoms. The molecule has 2 aliphatic rings. The maximum atomic E-state index is 15.7. The molecule has 1 atom stereocenters. The lowest BCUT2D eigenvalue weighted by Crippen LogP contribution is -2.53. The van der Waals surface area contributed by atoms with Crippen LogP contribution in [-0.4, -0.2) is 48.0 Å². The van der Waals surface area contributed by atoms with E-state index in [0.29, 0.717) is 0 Å². The molecular weight excluding hydrogens is 547 g/mol. The summed E-state index contributed by atoms with van der Waals surface area (Å²) in [5, 5.41) is 20.2. The van der Waals surface area contributed by atoms with Gasteiger partial charge in [0.2, 0.25) is 11.9 Å². The molecule has 5 rings (SSSR count). The zero-order valence-corrected chi connectivity index (χ0v) is 25.1. The minimum atomic E-state index is -3.05. The van der Waals surface area contributed by atoms with Crippen LogP contribution in [0, 0.1) is 30.6 Å². The van der Waals surface area contributed by atoms with Crippen LogP contribution in [0.25, 0.3) is 11.1 Å². The summed E-state index contributed by atoms with van der Waals surface area (Å²) in [5.74, 6) is -1.79. The first-order valence-electron chi connectivity index (χ1n) is 17.9. The molecule has 232 valence electrons. The summed E-state index contributed by atoms with van der Waals surface area (Å²) in [6, 6.07) is 1.63. The van der Waals surface area contributed by atoms with Crippen molar-refractivity contribution in [3.63, 3.8) is 0 Å². The smallest absolute Gasteiger partial charge is 0.271 e. The number of aromatic nitrogens is 6. The Balaban J connectivity index is 1.48. The zero-order valence-electron chi connectivity index (χ0n) is 30.1. The number of hydrogen-bond acceptors (Lipinski definition) is 6. The quantitative estimate of drug-likeness (QED) is 0.240. The van der Waals surface area contributed by atoms with Crippen molar-refractivity contribution < 1.29 is 20.8 Å². The van der Waals surface area contributed by atoms with Gasteiger partial charge < -0.3 is 10.6 Å². The first-order valence-corrected chi connectivity index (χ1v) is 15.4. The molecule has 0 radical (unpaired) electrons. The van der Waals surface area contributed by atoms with Crippen LogP contribution in [0.15, 0.2) is 18.3 Å². The Bertz CT molecular complexity index is 1580. The van der Waals surface area contributed by atoms with E-state index in [4.69, 9.17) is 6.85 Å². The molecule has 2 aliphatic carbocycles. The van der Waals surface area contributed by atoms with Crippen molar-refractivity contribution in [3.8, 4) is 11.1 Å². The summed E-state index contributed by atoms with van der Waals surface area (Å²) in [6.45, 7) is 2.23. The molecule has 3 N–H and O–H groups in total. The van der Waals surface area contributed by atoms with Gasteiger partial charge in [-0.05, 0) is 57.0 Å². The van der Waals surface area contributed by atoms with Gasteiger partial charge in [-0.1, -0.05) is 76.3 Å². The van der Waals surface area contributed by atoms with Crippen molar-refractivity contribution in [1.29, 1.82) is 0 Å². The number of hydrogen-bond donors (Lipinski definition) is 3. The molecule has 3 aromatic rings. The third-order valence-corrected chi connectivity index (χ3v) is 9.08. The highest BCUT2D eigenvalue weighted by Gasteiger charge is 2.41. The van der Waals surface area contributed by atoms with Crippen molar-refractivity contribution in [2.45, 2.75) is 110 Å². The minimum absolute atomic E-state index is 0.0471. The lowest BCUT2D eigenvalue weighted by Gasteiger charge is -2.41. The van der Waals surface area contributed by atoms with Gasteiger partial charge >= 0.3 is 0 Å². The molecular formula is C32H45FN8O2. The van der Waals surface area contributed by atoms with Crippen molar-refractivity contribution in [2.75, 3.05) is 5.32 Å². The Kier molecular flexibility index (Phi) is 7.94. The average molecular weight is 598 g/mol. The zero-order chi connectivity index (χ0) is 34.8. The molecule has 2 saturated carbocycles. The van der Waals surface area contributed by atoms with Crippen LogP contribution >= 0.6 is 0 Å². The van der Waals surface area contributed by atoms with E-state index in [2.05, 4.69) is 36.1 Å². The summed E-state index contributed by atoms with van der Waals surface area (Å²) in [5.41, 5.74) is -0.168. The van der Waals surface area contributed by atoms with E-state index in [1.54, 1.807) is 0 Å². The molecule has 0 spiro atoms. The van der Waals surface area contributed by atoms with Gasteiger partial charge in [0.1, 0.15) is 17.6 Å². The Labute approximate surface area is 260 Å². The van der Waals surface area contributed by atoms with Gasteiger partial charge in [0, 0.05) is 29.7 Å². The van der Waals surface area contributed by atoms with Gasteiger partial charge in [-0.15, -0.1) is 5.10 Å². The van der Waals surface area contributed by atoms with Gasteiger partial charge in [0.25, 0.3) is 5.91 Å². The van der Waals surface area contributed by atoms with Crippen molar-refractivity contribution >= 4 is 17.6 Å². The number of nitrogens with zero attached hydrogens (tertiary/aromatic N) is 5. The van der Waals surface area contributed by atoms with E-state index in [1.165, 1.54) is 29.9 Å². The Morgan fingerprint density at radius 1 is 1.12 bits per heavy atom. The van der Waals surface area contributed by atoms with E-state index in [0.717, 1.165) is 64.2 Å². The minimum Gasteiger partial charge on any atom is -0.339 e. The molecule has 2 fully saturated rings. The lowest BCUT2D eigenvalue weighted by molar-refractivity contribution is -0.121. The fraction of sp³-hybridized carbons (Fsp3) is 0.625. The number of rotatable bonds is 10. The van der Waals surface area contributed by atoms with Crippen LogP contribution in [-0.2, 0) is 11.2 Å². The average Bonchev–Trinajstić information content (AvgIpc) is 3.69. The summed E-state index contributed by atoms with van der Waals surface area (Å²) < 4.78 is 56.7. The normalized spacial score (nSPS) is 19.7. The fourth-order valence-electron chi connectivity index (χ4n) is 7.05. The number of amides is 2. The predicted molar refractivity (Wildman–Crippen MR) is 163 cm³/mol. The number of nitrogens with one attached hydrogen (secondary N) is 3. The molecule has 0 saturated heterocycles. The van der Waals surface area contributed by atoms with Gasteiger partial charge in [0.05, 0.1) is 11.9 Å². The number of aryl methyl sites for hydroxylation is 2. The molecule has 0 aromatic carbocycles. The number of halogens is 1. The van der Waals surface area contributed by atoms with Crippen LogP contribution in [0.5, 0.6) is 0 Å². The second-order valence-electron chi connectivity index (χ2n) is 12.2. The van der Waals surface area contributed by atoms with Crippen LogP contribution in [0.3, 0.4) is 0 Å². The van der Waals surface area contributed by atoms with Crippen LogP contribution in [0.2, 0.25) is 0 Å². The monoisotopic (exact) mass is 597 g/mol. The maximum Gasteiger partial charge on any atom is 0.271 e. The van der Waals surface area contributed by atoms with Crippen molar-refractivity contribution in [1.82, 2.24) is 35.5 Å². The van der Waals surface area contributed by atoms with E-state index >= 15 is 4.39 Å². The molecule has 3 aromatic heterocycles. The number of carbonyl (C=O) groups excluding carboxylic acids is 2. The second-order valence-corrected chi connectivity index (χ2v) is 12.2. The van der Waals surface area contributed by atoms with Crippen LogP contribution < -0.4 is 10.6 Å². The first-order chi connectivity index (χ1) is 22.7. The van der Waals surface area contributed by atoms with Crippen LogP contribution in [0.4, 0.5) is 10.2 Å². The SMILES string of the molecule is [2H]C([2H])([2H])C([2H])([2H])c1[nH]nc(C)c1-c1ccc(NC(=O)[C@@H](NC(=O)c2cnnn2C(C)C)C(C2CCCCC2)C2CCCCC2)nc1F. The van der Waals surface area contributed by atoms with Crippen molar-refractivity contribution in [2.24, 2.45) is 17.8 Å². The van der Waals surface area contributed by atoms with Gasteiger partial charge in [0.15, 0.2) is 0 Å². The third kappa shape index (κ3) is 6.80. The molecule has 0 bridgehead atoms. The van der Waals surface area contributed by atoms with E-state index in [1.807, 2.05) is 13.8 Å². The molecule has 43 heavy (non-hydrogen) atoms. The van der Waals surface area contributed by atoms with E-state index in [9.17, 15) is 9.59 Å². The number of pyridine rings is 1. The third-order valence-electron chi connectivity index (χ3n) is 9.08. The van der Waals surface area contributed by atoms with Crippen LogP contribution in [0.1, 0.15) is 120 Å². The molecule has 2 amide bonds. The summed E-state index contributed by atoms with van der Waals surface area (Å²) >= 11 is 0. The summed E-state index contributed by atoms with van der Waals surface area (Å²) in [7, 11) is 0. The molecule has 0 unspecified atom stereocenters. The summed E-state index contributed by atoms with van der Waals surface area (Å²) in [4.78, 5) is 32.0.